The van der Waals surface area contributed by atoms with E-state index in [1.807, 2.05) is 13.0 Å². The second-order valence-corrected chi connectivity index (χ2v) is 8.10. The zero-order valence-electron chi connectivity index (χ0n) is 16.9. The van der Waals surface area contributed by atoms with Gasteiger partial charge in [0.05, 0.1) is 0 Å². The maximum Gasteiger partial charge on any atom is 0.319 e. The zero-order valence-corrected chi connectivity index (χ0v) is 17.7. The Morgan fingerprint density at radius 3 is 2.83 bits per heavy atom. The van der Waals surface area contributed by atoms with Gasteiger partial charge in [-0.3, -0.25) is 5.32 Å². The maximum absolute atomic E-state index is 13.8. The Hall–Kier alpha value is -2.23. The number of nitrogens with one attached hydrogen (secondary N) is 2. The standard InChI is InChI=1S/C20H28FN5O2S/c1-15-4-5-16(17(21)12-15)14-28-18-13-19(29-24-18)23-20(27)22-6-3-7-26-10-8-25(2)9-11-26/h4-5,12-13H,3,6-11,14H2,1-2H3,(H2,22,23,27). The summed E-state index contributed by atoms with van der Waals surface area (Å²) in [5.74, 6) is 0.0647. The summed E-state index contributed by atoms with van der Waals surface area (Å²) < 4.78 is 23.5. The van der Waals surface area contributed by atoms with Crippen LogP contribution in [0, 0.1) is 12.7 Å². The van der Waals surface area contributed by atoms with Gasteiger partial charge in [-0.2, -0.15) is 4.37 Å². The van der Waals surface area contributed by atoms with E-state index in [-0.39, 0.29) is 18.5 Å². The molecule has 0 unspecified atom stereocenters. The first-order valence-corrected chi connectivity index (χ1v) is 10.6. The number of nitrogens with zero attached hydrogens (tertiary/aromatic N) is 3. The van der Waals surface area contributed by atoms with Crippen LogP contribution < -0.4 is 15.4 Å². The molecule has 1 saturated heterocycles. The molecule has 7 nitrogen and oxygen atoms in total. The van der Waals surface area contributed by atoms with Crippen LogP contribution in [0.5, 0.6) is 5.88 Å². The second kappa shape index (κ2) is 10.5. The highest BCUT2D eigenvalue weighted by molar-refractivity contribution is 7.10. The molecule has 1 fully saturated rings. The highest BCUT2D eigenvalue weighted by Gasteiger charge is 2.13. The van der Waals surface area contributed by atoms with E-state index in [0.717, 1.165) is 56.2 Å². The molecule has 2 N–H and O–H groups in total. The van der Waals surface area contributed by atoms with Crippen molar-refractivity contribution in [3.63, 3.8) is 0 Å². The first kappa shape index (κ1) is 21.5. The molecule has 0 spiro atoms. The number of aromatic nitrogens is 1. The van der Waals surface area contributed by atoms with Gasteiger partial charge in [0.15, 0.2) is 0 Å². The number of benzene rings is 1. The third-order valence-corrected chi connectivity index (χ3v) is 5.53. The van der Waals surface area contributed by atoms with E-state index in [4.69, 9.17) is 4.74 Å². The molecule has 2 amide bonds. The average Bonchev–Trinajstić information content (AvgIpc) is 3.13. The van der Waals surface area contributed by atoms with Crippen molar-refractivity contribution in [3.05, 3.63) is 41.2 Å². The smallest absolute Gasteiger partial charge is 0.319 e. The van der Waals surface area contributed by atoms with Gasteiger partial charge in [0.25, 0.3) is 0 Å². The van der Waals surface area contributed by atoms with Crippen LogP contribution in [-0.4, -0.2) is 66.5 Å². The minimum Gasteiger partial charge on any atom is -0.472 e. The van der Waals surface area contributed by atoms with Gasteiger partial charge in [-0.25, -0.2) is 9.18 Å². The summed E-state index contributed by atoms with van der Waals surface area (Å²) in [7, 11) is 2.14. The van der Waals surface area contributed by atoms with E-state index in [2.05, 4.69) is 31.9 Å². The molecule has 9 heteroatoms. The minimum absolute atomic E-state index is 0.0910. The number of rotatable bonds is 8. The van der Waals surface area contributed by atoms with Crippen LogP contribution >= 0.6 is 11.5 Å². The maximum atomic E-state index is 13.8. The van der Waals surface area contributed by atoms with E-state index < -0.39 is 0 Å². The molecular formula is C20H28FN5O2S. The van der Waals surface area contributed by atoms with Crippen LogP contribution in [0.15, 0.2) is 24.3 Å². The largest absolute Gasteiger partial charge is 0.472 e. The SMILES string of the molecule is Cc1ccc(COc2cc(NC(=O)NCCCN3CCN(C)CC3)sn2)c(F)c1. The lowest BCUT2D eigenvalue weighted by molar-refractivity contribution is 0.153. The van der Waals surface area contributed by atoms with Gasteiger partial charge in [-0.05, 0) is 50.1 Å². The lowest BCUT2D eigenvalue weighted by atomic mass is 10.1. The van der Waals surface area contributed by atoms with Crippen molar-refractivity contribution in [1.82, 2.24) is 19.5 Å². The van der Waals surface area contributed by atoms with Gasteiger partial charge in [-0.1, -0.05) is 12.1 Å². The van der Waals surface area contributed by atoms with E-state index in [1.54, 1.807) is 12.1 Å². The highest BCUT2D eigenvalue weighted by Crippen LogP contribution is 2.23. The molecule has 0 aliphatic carbocycles. The molecule has 2 heterocycles. The summed E-state index contributed by atoms with van der Waals surface area (Å²) in [6, 6.07) is 6.39. The Kier molecular flexibility index (Phi) is 7.79. The summed E-state index contributed by atoms with van der Waals surface area (Å²) in [6.45, 7) is 7.89. The molecule has 29 heavy (non-hydrogen) atoms. The minimum atomic E-state index is -0.297. The van der Waals surface area contributed by atoms with Crippen LogP contribution in [-0.2, 0) is 6.61 Å². The topological polar surface area (TPSA) is 69.7 Å². The second-order valence-electron chi connectivity index (χ2n) is 7.29. The lowest BCUT2D eigenvalue weighted by Crippen LogP contribution is -2.45. The number of amides is 2. The van der Waals surface area contributed by atoms with Crippen molar-refractivity contribution in [2.75, 3.05) is 51.6 Å². The van der Waals surface area contributed by atoms with Gasteiger partial charge in [0.1, 0.15) is 17.4 Å². The fourth-order valence-corrected chi connectivity index (χ4v) is 3.62. The Morgan fingerprint density at radius 2 is 2.07 bits per heavy atom. The summed E-state index contributed by atoms with van der Waals surface area (Å²) >= 11 is 1.13. The van der Waals surface area contributed by atoms with Crippen LogP contribution in [0.3, 0.4) is 0 Å². The summed E-state index contributed by atoms with van der Waals surface area (Å²) in [5, 5.41) is 6.20. The van der Waals surface area contributed by atoms with Crippen molar-refractivity contribution in [3.8, 4) is 5.88 Å². The number of hydrogen-bond donors (Lipinski definition) is 2. The van der Waals surface area contributed by atoms with E-state index >= 15 is 0 Å². The van der Waals surface area contributed by atoms with E-state index in [9.17, 15) is 9.18 Å². The number of carbonyl (C=O) groups is 1. The molecule has 158 valence electrons. The number of urea groups is 1. The fraction of sp³-hybridized carbons (Fsp3) is 0.500. The van der Waals surface area contributed by atoms with Crippen LogP contribution in [0.1, 0.15) is 17.5 Å². The van der Waals surface area contributed by atoms with E-state index in [0.29, 0.717) is 23.0 Å². The van der Waals surface area contributed by atoms with Gasteiger partial charge < -0.3 is 19.9 Å². The fourth-order valence-electron chi connectivity index (χ4n) is 3.04. The molecule has 0 saturated carbocycles. The number of piperazine rings is 1. The van der Waals surface area contributed by atoms with Crippen LogP contribution in [0.4, 0.5) is 14.2 Å². The van der Waals surface area contributed by atoms with Crippen molar-refractivity contribution in [2.24, 2.45) is 0 Å². The van der Waals surface area contributed by atoms with Crippen LogP contribution in [0.25, 0.3) is 0 Å². The van der Waals surface area contributed by atoms with Crippen molar-refractivity contribution < 1.29 is 13.9 Å². The van der Waals surface area contributed by atoms with Gasteiger partial charge in [0.2, 0.25) is 5.88 Å². The molecule has 1 aromatic carbocycles. The monoisotopic (exact) mass is 421 g/mol. The summed E-state index contributed by atoms with van der Waals surface area (Å²) in [6.07, 6.45) is 0.913. The zero-order chi connectivity index (χ0) is 20.6. The molecule has 2 aromatic rings. The first-order chi connectivity index (χ1) is 14.0. The predicted octanol–water partition coefficient (Wildman–Crippen LogP) is 2.93. The third kappa shape index (κ3) is 6.95. The third-order valence-electron chi connectivity index (χ3n) is 4.84. The Balaban J connectivity index is 1.34. The molecule has 1 aliphatic heterocycles. The van der Waals surface area contributed by atoms with Crippen molar-refractivity contribution in [2.45, 2.75) is 20.0 Å². The Labute approximate surface area is 175 Å². The molecule has 0 atom stereocenters. The van der Waals surface area contributed by atoms with Crippen molar-refractivity contribution >= 4 is 22.6 Å². The Bertz CT molecular complexity index is 808. The quantitative estimate of drug-likeness (QED) is 0.642. The lowest BCUT2D eigenvalue weighted by Gasteiger charge is -2.32. The molecule has 0 bridgehead atoms. The first-order valence-electron chi connectivity index (χ1n) is 9.80. The number of halogens is 1. The number of anilines is 1. The van der Waals surface area contributed by atoms with E-state index in [1.165, 1.54) is 6.07 Å². The number of likely N-dealkylation sites (N-methyl/N-ethyl adjacent to an activating group) is 1. The predicted molar refractivity (Wildman–Crippen MR) is 113 cm³/mol. The summed E-state index contributed by atoms with van der Waals surface area (Å²) in [4.78, 5) is 16.8. The van der Waals surface area contributed by atoms with Crippen molar-refractivity contribution in [1.29, 1.82) is 0 Å². The van der Waals surface area contributed by atoms with Crippen LogP contribution in [0.2, 0.25) is 0 Å². The number of hydrogen-bond acceptors (Lipinski definition) is 6. The highest BCUT2D eigenvalue weighted by atomic mass is 32.1. The molecule has 0 radical (unpaired) electrons. The Morgan fingerprint density at radius 1 is 1.28 bits per heavy atom. The molecular weight excluding hydrogens is 393 g/mol. The van der Waals surface area contributed by atoms with Gasteiger partial charge >= 0.3 is 6.03 Å². The number of ether oxygens (including phenoxy) is 1. The number of aryl methyl sites for hydroxylation is 1. The molecule has 1 aromatic heterocycles. The average molecular weight is 422 g/mol. The van der Waals surface area contributed by atoms with Gasteiger partial charge in [0, 0.05) is 44.4 Å². The normalized spacial score (nSPS) is 15.3. The van der Waals surface area contributed by atoms with Gasteiger partial charge in [-0.15, -0.1) is 0 Å². The molecule has 1 aliphatic rings. The molecule has 3 rings (SSSR count). The summed E-state index contributed by atoms with van der Waals surface area (Å²) in [5.41, 5.74) is 1.33. The number of carbonyl (C=O) groups excluding carboxylic acids is 1.